The van der Waals surface area contributed by atoms with Crippen molar-refractivity contribution in [2.75, 3.05) is 26.4 Å². The van der Waals surface area contributed by atoms with Gasteiger partial charge in [-0.2, -0.15) is 0 Å². The monoisotopic (exact) mass is 375 g/mol. The lowest BCUT2D eigenvalue weighted by molar-refractivity contribution is -0.127. The van der Waals surface area contributed by atoms with Crippen molar-refractivity contribution in [1.29, 1.82) is 0 Å². The first-order valence-corrected chi connectivity index (χ1v) is 9.99. The zero-order valence-corrected chi connectivity index (χ0v) is 17.3. The normalized spacial score (nSPS) is 23.0. The average Bonchev–Trinajstić information content (AvgIpc) is 2.65. The van der Waals surface area contributed by atoms with Gasteiger partial charge in [-0.1, -0.05) is 26.8 Å². The van der Waals surface area contributed by atoms with Crippen LogP contribution in [0.1, 0.15) is 53.0 Å². The number of ether oxygens (including phenoxy) is 3. The van der Waals surface area contributed by atoms with E-state index < -0.39 is 5.41 Å². The Balaban J connectivity index is 1.67. The minimum Gasteiger partial charge on any atom is -0.486 e. The molecule has 1 aromatic rings. The van der Waals surface area contributed by atoms with Crippen LogP contribution in [0.2, 0.25) is 0 Å². The minimum atomic E-state index is -0.650. The fraction of sp³-hybridized carbons (Fsp3) is 0.682. The maximum atomic E-state index is 13.0. The molecule has 2 heterocycles. The Labute approximate surface area is 162 Å². The molecule has 1 saturated heterocycles. The fourth-order valence-electron chi connectivity index (χ4n) is 4.02. The van der Waals surface area contributed by atoms with Crippen LogP contribution < -0.4 is 14.8 Å². The van der Waals surface area contributed by atoms with Gasteiger partial charge < -0.3 is 19.5 Å². The first kappa shape index (κ1) is 20.0. The molecule has 0 aromatic heterocycles. The van der Waals surface area contributed by atoms with Crippen LogP contribution in [0, 0.1) is 11.3 Å². The van der Waals surface area contributed by atoms with Crippen LogP contribution >= 0.6 is 0 Å². The number of amides is 1. The lowest BCUT2D eigenvalue weighted by atomic mass is 9.77. The number of rotatable bonds is 4. The second kappa shape index (κ2) is 7.70. The smallest absolute Gasteiger partial charge is 0.230 e. The first-order chi connectivity index (χ1) is 12.7. The summed E-state index contributed by atoms with van der Waals surface area (Å²) in [5, 5.41) is 3.18. The Hall–Kier alpha value is -1.75. The van der Waals surface area contributed by atoms with Crippen LogP contribution in [-0.4, -0.2) is 38.4 Å². The van der Waals surface area contributed by atoms with Crippen LogP contribution in [-0.2, 0) is 14.9 Å². The van der Waals surface area contributed by atoms with E-state index in [1.807, 2.05) is 32.0 Å². The number of hydrogen-bond donors (Lipinski definition) is 1. The van der Waals surface area contributed by atoms with Gasteiger partial charge in [0.15, 0.2) is 11.5 Å². The van der Waals surface area contributed by atoms with Crippen LogP contribution in [0.25, 0.3) is 0 Å². The molecule has 0 bridgehead atoms. The van der Waals surface area contributed by atoms with E-state index in [0.29, 0.717) is 31.4 Å². The van der Waals surface area contributed by atoms with Gasteiger partial charge >= 0.3 is 0 Å². The van der Waals surface area contributed by atoms with Gasteiger partial charge in [-0.25, -0.2) is 0 Å². The van der Waals surface area contributed by atoms with Gasteiger partial charge in [0.25, 0.3) is 0 Å². The van der Waals surface area contributed by atoms with E-state index in [9.17, 15) is 4.79 Å². The van der Waals surface area contributed by atoms with Gasteiger partial charge in [0.1, 0.15) is 13.2 Å². The third-order valence-corrected chi connectivity index (χ3v) is 5.65. The van der Waals surface area contributed by atoms with Crippen molar-refractivity contribution in [3.63, 3.8) is 0 Å². The number of hydrogen-bond acceptors (Lipinski definition) is 4. The van der Waals surface area contributed by atoms with Gasteiger partial charge in [0.2, 0.25) is 5.91 Å². The van der Waals surface area contributed by atoms with Gasteiger partial charge in [-0.15, -0.1) is 0 Å². The molecule has 2 aliphatic heterocycles. The number of benzene rings is 1. The number of fused-ring (bicyclic) bond motifs is 1. The summed E-state index contributed by atoms with van der Waals surface area (Å²) in [4.78, 5) is 13.0. The van der Waals surface area contributed by atoms with Crippen molar-refractivity contribution < 1.29 is 19.0 Å². The molecule has 2 atom stereocenters. The maximum Gasteiger partial charge on any atom is 0.230 e. The molecular formula is C22H33NO4. The van der Waals surface area contributed by atoms with Crippen LogP contribution in [0.5, 0.6) is 11.5 Å². The highest BCUT2D eigenvalue weighted by atomic mass is 16.6. The van der Waals surface area contributed by atoms with Gasteiger partial charge in [-0.05, 0) is 49.8 Å². The predicted octanol–water partition coefficient (Wildman–Crippen LogP) is 3.69. The van der Waals surface area contributed by atoms with Crippen LogP contribution in [0.15, 0.2) is 18.2 Å². The molecule has 1 fully saturated rings. The Kier molecular flexibility index (Phi) is 5.71. The summed E-state index contributed by atoms with van der Waals surface area (Å²) in [5.41, 5.74) is 0.348. The minimum absolute atomic E-state index is 0.0254. The Bertz CT molecular complexity index is 677. The van der Waals surface area contributed by atoms with E-state index in [0.717, 1.165) is 30.8 Å². The van der Waals surface area contributed by atoms with E-state index in [4.69, 9.17) is 14.2 Å². The summed E-state index contributed by atoms with van der Waals surface area (Å²) in [6.07, 6.45) is 2.31. The van der Waals surface area contributed by atoms with Crippen molar-refractivity contribution in [2.45, 2.75) is 59.0 Å². The summed E-state index contributed by atoms with van der Waals surface area (Å²) in [6, 6.07) is 5.77. The molecule has 150 valence electrons. The summed E-state index contributed by atoms with van der Waals surface area (Å²) in [6.45, 7) is 13.1. The molecule has 2 aliphatic rings. The summed E-state index contributed by atoms with van der Waals surface area (Å²) >= 11 is 0. The van der Waals surface area contributed by atoms with E-state index in [2.05, 4.69) is 26.1 Å². The number of carbonyl (C=O) groups excluding carboxylic acids is 1. The molecular weight excluding hydrogens is 342 g/mol. The Morgan fingerprint density at radius 1 is 1.07 bits per heavy atom. The van der Waals surface area contributed by atoms with E-state index in [1.54, 1.807) is 0 Å². The third kappa shape index (κ3) is 4.40. The molecule has 0 radical (unpaired) electrons. The fourth-order valence-corrected chi connectivity index (χ4v) is 4.02. The molecule has 0 aliphatic carbocycles. The molecule has 27 heavy (non-hydrogen) atoms. The lowest BCUT2D eigenvalue weighted by Gasteiger charge is -2.40. The SMILES string of the molecule is CC(C)(C(=O)NC[C@@H]1CCCO[C@@H]1C(C)(C)C)c1ccc2c(c1)OCCO2. The number of carbonyl (C=O) groups is 1. The highest BCUT2D eigenvalue weighted by molar-refractivity contribution is 5.87. The maximum absolute atomic E-state index is 13.0. The predicted molar refractivity (Wildman–Crippen MR) is 105 cm³/mol. The first-order valence-electron chi connectivity index (χ1n) is 9.99. The molecule has 0 spiro atoms. The Morgan fingerprint density at radius 2 is 1.78 bits per heavy atom. The Morgan fingerprint density at radius 3 is 2.48 bits per heavy atom. The number of nitrogens with one attached hydrogen (secondary N) is 1. The summed E-state index contributed by atoms with van der Waals surface area (Å²) in [5.74, 6) is 1.83. The highest BCUT2D eigenvalue weighted by Gasteiger charge is 2.37. The van der Waals surface area contributed by atoms with Gasteiger partial charge in [0.05, 0.1) is 11.5 Å². The molecule has 1 amide bonds. The summed E-state index contributed by atoms with van der Waals surface area (Å²) in [7, 11) is 0. The van der Waals surface area contributed by atoms with Crippen molar-refractivity contribution in [3.8, 4) is 11.5 Å². The quantitative estimate of drug-likeness (QED) is 0.872. The van der Waals surface area contributed by atoms with E-state index in [1.165, 1.54) is 0 Å². The molecule has 0 saturated carbocycles. The molecule has 5 nitrogen and oxygen atoms in total. The van der Waals surface area contributed by atoms with Crippen LogP contribution in [0.4, 0.5) is 0 Å². The molecule has 1 N–H and O–H groups in total. The third-order valence-electron chi connectivity index (χ3n) is 5.65. The standard InChI is InChI=1S/C22H33NO4/c1-21(2,3)19-15(7-6-10-27-19)14-23-20(24)22(4,5)16-8-9-17-18(13-16)26-12-11-25-17/h8-9,13,15,19H,6-7,10-12,14H2,1-5H3,(H,23,24)/t15-,19-/m0/s1. The lowest BCUT2D eigenvalue weighted by Crippen LogP contribution is -2.48. The zero-order valence-electron chi connectivity index (χ0n) is 17.3. The van der Waals surface area contributed by atoms with Crippen molar-refractivity contribution >= 4 is 5.91 Å². The van der Waals surface area contributed by atoms with E-state index >= 15 is 0 Å². The van der Waals surface area contributed by atoms with Gasteiger partial charge in [-0.3, -0.25) is 4.79 Å². The zero-order chi connectivity index (χ0) is 19.7. The molecule has 1 aromatic carbocycles. The topological polar surface area (TPSA) is 56.8 Å². The van der Waals surface area contributed by atoms with Crippen molar-refractivity contribution in [1.82, 2.24) is 5.32 Å². The highest BCUT2D eigenvalue weighted by Crippen LogP contribution is 2.36. The second-order valence-electron chi connectivity index (χ2n) is 9.25. The molecule has 0 unspecified atom stereocenters. The van der Waals surface area contributed by atoms with Crippen molar-refractivity contribution in [3.05, 3.63) is 23.8 Å². The molecule has 5 heteroatoms. The largest absolute Gasteiger partial charge is 0.486 e. The van der Waals surface area contributed by atoms with Gasteiger partial charge in [0, 0.05) is 19.1 Å². The summed E-state index contributed by atoms with van der Waals surface area (Å²) < 4.78 is 17.3. The second-order valence-corrected chi connectivity index (χ2v) is 9.25. The average molecular weight is 376 g/mol. The van der Waals surface area contributed by atoms with E-state index in [-0.39, 0.29) is 17.4 Å². The molecule has 3 rings (SSSR count). The van der Waals surface area contributed by atoms with Crippen molar-refractivity contribution in [2.24, 2.45) is 11.3 Å². The van der Waals surface area contributed by atoms with Crippen LogP contribution in [0.3, 0.4) is 0 Å².